The number of nitrogens with one attached hydrogen (secondary N) is 1. The van der Waals surface area contributed by atoms with Crippen LogP contribution in [0.2, 0.25) is 5.02 Å². The van der Waals surface area contributed by atoms with Crippen molar-refractivity contribution in [1.29, 1.82) is 0 Å². The van der Waals surface area contributed by atoms with E-state index in [9.17, 15) is 4.79 Å². The van der Waals surface area contributed by atoms with Crippen LogP contribution in [0.25, 0.3) is 0 Å². The second kappa shape index (κ2) is 6.39. The normalized spacial score (nSPS) is 11.8. The summed E-state index contributed by atoms with van der Waals surface area (Å²) in [5.41, 5.74) is 1.53. The molecule has 104 valence electrons. The van der Waals surface area contributed by atoms with Crippen molar-refractivity contribution >= 4 is 23.2 Å². The number of amides is 1. The summed E-state index contributed by atoms with van der Waals surface area (Å²) in [6, 6.07) is 8.80. The average Bonchev–Trinajstić information content (AvgIpc) is 2.43. The van der Waals surface area contributed by atoms with Crippen LogP contribution in [0.15, 0.2) is 42.7 Å². The number of hydrogen-bond donors (Lipinski definition) is 1. The fraction of sp³-hybridized carbons (Fsp3) is 0.200. The molecule has 0 saturated heterocycles. The summed E-state index contributed by atoms with van der Waals surface area (Å²) in [6.45, 7) is 3.58. The summed E-state index contributed by atoms with van der Waals surface area (Å²) < 4.78 is 5.64. The number of aryl methyl sites for hydroxylation is 1. The topological polar surface area (TPSA) is 51.2 Å². The minimum Gasteiger partial charge on any atom is -0.481 e. The maximum Gasteiger partial charge on any atom is 0.265 e. The molecule has 0 aliphatic rings. The van der Waals surface area contributed by atoms with Crippen LogP contribution in [0.1, 0.15) is 12.5 Å². The van der Waals surface area contributed by atoms with Crippen LogP contribution in [0.3, 0.4) is 0 Å². The highest BCUT2D eigenvalue weighted by Gasteiger charge is 2.15. The lowest BCUT2D eigenvalue weighted by Crippen LogP contribution is -2.30. The number of carbonyl (C=O) groups excluding carboxylic acids is 1. The molecule has 0 bridgehead atoms. The number of rotatable bonds is 4. The van der Waals surface area contributed by atoms with Gasteiger partial charge in [-0.15, -0.1) is 0 Å². The Morgan fingerprint density at radius 3 is 2.85 bits per heavy atom. The lowest BCUT2D eigenvalue weighted by Gasteiger charge is -2.16. The molecule has 0 fully saturated rings. The SMILES string of the molecule is Cc1cc(Cl)ccc1O[C@@H](C)C(=O)Nc1cccnc1. The molecule has 1 atom stereocenters. The molecule has 0 spiro atoms. The zero-order chi connectivity index (χ0) is 14.5. The van der Waals surface area contributed by atoms with Crippen molar-refractivity contribution < 1.29 is 9.53 Å². The number of hydrogen-bond acceptors (Lipinski definition) is 3. The third-order valence-electron chi connectivity index (χ3n) is 2.74. The van der Waals surface area contributed by atoms with Crippen LogP contribution in [0.4, 0.5) is 5.69 Å². The summed E-state index contributed by atoms with van der Waals surface area (Å²) in [6.07, 6.45) is 2.61. The van der Waals surface area contributed by atoms with E-state index in [1.165, 1.54) is 0 Å². The van der Waals surface area contributed by atoms with Crippen molar-refractivity contribution in [2.75, 3.05) is 5.32 Å². The van der Waals surface area contributed by atoms with E-state index in [4.69, 9.17) is 16.3 Å². The van der Waals surface area contributed by atoms with Gasteiger partial charge in [-0.2, -0.15) is 0 Å². The number of pyridine rings is 1. The van der Waals surface area contributed by atoms with Crippen LogP contribution < -0.4 is 10.1 Å². The summed E-state index contributed by atoms with van der Waals surface area (Å²) in [7, 11) is 0. The molecule has 5 heteroatoms. The molecule has 2 aromatic rings. The Kier molecular flexibility index (Phi) is 4.58. The van der Waals surface area contributed by atoms with Crippen molar-refractivity contribution in [2.45, 2.75) is 20.0 Å². The third-order valence-corrected chi connectivity index (χ3v) is 2.97. The van der Waals surface area contributed by atoms with Gasteiger partial charge in [-0.25, -0.2) is 0 Å². The molecule has 0 aliphatic carbocycles. The van der Waals surface area contributed by atoms with E-state index in [0.717, 1.165) is 5.56 Å². The molecule has 1 amide bonds. The number of anilines is 1. The van der Waals surface area contributed by atoms with Crippen LogP contribution in [-0.4, -0.2) is 17.0 Å². The van der Waals surface area contributed by atoms with Crippen LogP contribution in [0.5, 0.6) is 5.75 Å². The molecule has 0 saturated carbocycles. The zero-order valence-electron chi connectivity index (χ0n) is 11.3. The molecule has 1 aromatic heterocycles. The summed E-state index contributed by atoms with van der Waals surface area (Å²) in [4.78, 5) is 15.9. The first-order valence-corrected chi connectivity index (χ1v) is 6.58. The Balaban J connectivity index is 2.00. The number of halogens is 1. The fourth-order valence-corrected chi connectivity index (χ4v) is 1.90. The van der Waals surface area contributed by atoms with Crippen molar-refractivity contribution in [1.82, 2.24) is 4.98 Å². The van der Waals surface area contributed by atoms with Crippen molar-refractivity contribution in [3.05, 3.63) is 53.3 Å². The van der Waals surface area contributed by atoms with E-state index >= 15 is 0 Å². The van der Waals surface area contributed by atoms with Gasteiger partial charge < -0.3 is 10.1 Å². The maximum absolute atomic E-state index is 12.0. The smallest absolute Gasteiger partial charge is 0.265 e. The van der Waals surface area contributed by atoms with Crippen molar-refractivity contribution in [3.63, 3.8) is 0 Å². The Hall–Kier alpha value is -2.07. The van der Waals surface area contributed by atoms with Crippen LogP contribution in [0, 0.1) is 6.92 Å². The largest absolute Gasteiger partial charge is 0.481 e. The Morgan fingerprint density at radius 2 is 2.20 bits per heavy atom. The van der Waals surface area contributed by atoms with Gasteiger partial charge in [0, 0.05) is 11.2 Å². The highest BCUT2D eigenvalue weighted by molar-refractivity contribution is 6.30. The van der Waals surface area contributed by atoms with Crippen LogP contribution in [-0.2, 0) is 4.79 Å². The minimum atomic E-state index is -0.616. The predicted octanol–water partition coefficient (Wildman–Crippen LogP) is 3.45. The maximum atomic E-state index is 12.0. The van der Waals surface area contributed by atoms with Gasteiger partial charge in [-0.3, -0.25) is 9.78 Å². The third kappa shape index (κ3) is 3.71. The zero-order valence-corrected chi connectivity index (χ0v) is 12.0. The van der Waals surface area contributed by atoms with Gasteiger partial charge in [0.25, 0.3) is 5.91 Å². The Morgan fingerprint density at radius 1 is 1.40 bits per heavy atom. The molecule has 4 nitrogen and oxygen atoms in total. The standard InChI is InChI=1S/C15H15ClN2O2/c1-10-8-12(16)5-6-14(10)20-11(2)15(19)18-13-4-3-7-17-9-13/h3-9,11H,1-2H3,(H,18,19)/t11-/m0/s1. The van der Waals surface area contributed by atoms with Gasteiger partial charge in [-0.1, -0.05) is 11.6 Å². The molecule has 1 N–H and O–H groups in total. The van der Waals surface area contributed by atoms with Gasteiger partial charge in [0.05, 0.1) is 11.9 Å². The minimum absolute atomic E-state index is 0.229. The quantitative estimate of drug-likeness (QED) is 0.938. The van der Waals surface area contributed by atoms with E-state index in [2.05, 4.69) is 10.3 Å². The number of aromatic nitrogens is 1. The van der Waals surface area contributed by atoms with Gasteiger partial charge in [0.15, 0.2) is 6.10 Å². The average molecular weight is 291 g/mol. The number of ether oxygens (including phenoxy) is 1. The molecular weight excluding hydrogens is 276 g/mol. The monoisotopic (exact) mass is 290 g/mol. The second-order valence-electron chi connectivity index (χ2n) is 4.40. The summed E-state index contributed by atoms with van der Waals surface area (Å²) in [5.74, 6) is 0.413. The highest BCUT2D eigenvalue weighted by atomic mass is 35.5. The van der Waals surface area contributed by atoms with E-state index in [0.29, 0.717) is 16.5 Å². The molecule has 1 heterocycles. The lowest BCUT2D eigenvalue weighted by atomic mass is 10.2. The highest BCUT2D eigenvalue weighted by Crippen LogP contribution is 2.23. The van der Waals surface area contributed by atoms with E-state index in [1.807, 2.05) is 6.92 Å². The van der Waals surface area contributed by atoms with Crippen molar-refractivity contribution in [2.24, 2.45) is 0 Å². The van der Waals surface area contributed by atoms with Gasteiger partial charge >= 0.3 is 0 Å². The second-order valence-corrected chi connectivity index (χ2v) is 4.84. The fourth-order valence-electron chi connectivity index (χ4n) is 1.67. The number of nitrogens with zero attached hydrogens (tertiary/aromatic N) is 1. The lowest BCUT2D eigenvalue weighted by molar-refractivity contribution is -0.122. The first-order valence-electron chi connectivity index (χ1n) is 6.20. The molecule has 0 aliphatic heterocycles. The molecule has 2 rings (SSSR count). The van der Waals surface area contributed by atoms with E-state index < -0.39 is 6.10 Å². The first kappa shape index (κ1) is 14.3. The predicted molar refractivity (Wildman–Crippen MR) is 79.1 cm³/mol. The summed E-state index contributed by atoms with van der Waals surface area (Å²) >= 11 is 5.88. The van der Waals surface area contributed by atoms with Crippen LogP contribution >= 0.6 is 11.6 Å². The Bertz CT molecular complexity index is 602. The van der Waals surface area contributed by atoms with Gasteiger partial charge in [0.1, 0.15) is 5.75 Å². The molecule has 0 radical (unpaired) electrons. The van der Waals surface area contributed by atoms with E-state index in [1.54, 1.807) is 49.6 Å². The first-order chi connectivity index (χ1) is 9.56. The van der Waals surface area contributed by atoms with Crippen molar-refractivity contribution in [3.8, 4) is 5.75 Å². The Labute approximate surface area is 122 Å². The van der Waals surface area contributed by atoms with Gasteiger partial charge in [-0.05, 0) is 49.7 Å². The molecule has 0 unspecified atom stereocenters. The van der Waals surface area contributed by atoms with Gasteiger partial charge in [0.2, 0.25) is 0 Å². The molecule has 1 aromatic carbocycles. The number of benzene rings is 1. The molecular formula is C15H15ClN2O2. The van der Waals surface area contributed by atoms with E-state index in [-0.39, 0.29) is 5.91 Å². The summed E-state index contributed by atoms with van der Waals surface area (Å²) in [5, 5.41) is 3.38. The molecule has 20 heavy (non-hydrogen) atoms. The number of carbonyl (C=O) groups is 1.